The molecule has 0 aromatic heterocycles. The van der Waals surface area contributed by atoms with Crippen molar-refractivity contribution in [1.29, 1.82) is 0 Å². The normalized spacial score (nSPS) is 18.2. The van der Waals surface area contributed by atoms with Crippen LogP contribution >= 0.6 is 11.8 Å². The number of carbonyl (C=O) groups is 1. The molecule has 0 aliphatic carbocycles. The zero-order valence-electron chi connectivity index (χ0n) is 15.3. The van der Waals surface area contributed by atoms with E-state index in [1.54, 1.807) is 11.8 Å². The van der Waals surface area contributed by atoms with Gasteiger partial charge in [0.15, 0.2) is 0 Å². The average Bonchev–Trinajstić information content (AvgIpc) is 2.54. The highest BCUT2D eigenvalue weighted by Crippen LogP contribution is 2.39. The predicted octanol–water partition coefficient (Wildman–Crippen LogP) is 4.81. The van der Waals surface area contributed by atoms with E-state index >= 15 is 0 Å². The third kappa shape index (κ3) is 4.57. The lowest BCUT2D eigenvalue weighted by molar-refractivity contribution is -0.119. The van der Waals surface area contributed by atoms with Crippen molar-refractivity contribution >= 4 is 17.7 Å². The van der Waals surface area contributed by atoms with Gasteiger partial charge in [-0.15, -0.1) is 11.8 Å². The Labute approximate surface area is 154 Å². The van der Waals surface area contributed by atoms with E-state index < -0.39 is 0 Å². The second-order valence-corrected chi connectivity index (χ2v) is 8.38. The lowest BCUT2D eigenvalue weighted by Gasteiger charge is -2.38. The number of fused-ring (bicyclic) bond motifs is 1. The summed E-state index contributed by atoms with van der Waals surface area (Å²) in [5, 5.41) is 3.20. The molecule has 0 unspecified atom stereocenters. The van der Waals surface area contributed by atoms with E-state index in [0.717, 1.165) is 22.6 Å². The summed E-state index contributed by atoms with van der Waals surface area (Å²) in [4.78, 5) is 13.6. The number of amides is 1. The fourth-order valence-corrected chi connectivity index (χ4v) is 3.83. The molecule has 2 aromatic rings. The molecule has 1 N–H and O–H groups in total. The van der Waals surface area contributed by atoms with Gasteiger partial charge < -0.3 is 10.1 Å². The minimum absolute atomic E-state index is 0.00947. The maximum absolute atomic E-state index is 12.5. The average molecular weight is 356 g/mol. The number of benzene rings is 2. The highest BCUT2D eigenvalue weighted by atomic mass is 32.2. The van der Waals surface area contributed by atoms with Gasteiger partial charge in [-0.1, -0.05) is 35.4 Å². The molecule has 1 atom stereocenters. The first-order valence-corrected chi connectivity index (χ1v) is 9.59. The Morgan fingerprint density at radius 2 is 1.84 bits per heavy atom. The maximum atomic E-state index is 12.5. The molecular formula is C21H25NO2S. The summed E-state index contributed by atoms with van der Waals surface area (Å²) in [6, 6.07) is 14.4. The van der Waals surface area contributed by atoms with Crippen LogP contribution in [0.2, 0.25) is 0 Å². The molecule has 1 aliphatic rings. The van der Waals surface area contributed by atoms with Crippen molar-refractivity contribution in [2.75, 3.05) is 5.75 Å². The standard InChI is InChI=1S/C21H25NO2S/c1-14-5-8-16(9-6-14)25-13-20(23)22-18-12-21(3,4)24-19-10-7-15(2)11-17(18)19/h5-11,18H,12-13H2,1-4H3,(H,22,23)/t18-/m0/s1. The molecule has 132 valence electrons. The Balaban J connectivity index is 1.68. The van der Waals surface area contributed by atoms with Crippen LogP contribution < -0.4 is 10.1 Å². The Kier molecular flexibility index (Phi) is 5.09. The number of aryl methyl sites for hydroxylation is 2. The smallest absolute Gasteiger partial charge is 0.230 e. The van der Waals surface area contributed by atoms with Gasteiger partial charge in [-0.2, -0.15) is 0 Å². The first kappa shape index (κ1) is 17.9. The van der Waals surface area contributed by atoms with Crippen molar-refractivity contribution in [3.8, 4) is 5.75 Å². The molecule has 0 spiro atoms. The van der Waals surface area contributed by atoms with Crippen LogP contribution in [0, 0.1) is 13.8 Å². The lowest BCUT2D eigenvalue weighted by atomic mass is 9.89. The Morgan fingerprint density at radius 3 is 2.56 bits per heavy atom. The molecular weight excluding hydrogens is 330 g/mol. The van der Waals surface area contributed by atoms with E-state index in [9.17, 15) is 4.79 Å². The molecule has 25 heavy (non-hydrogen) atoms. The monoisotopic (exact) mass is 355 g/mol. The number of rotatable bonds is 4. The molecule has 0 radical (unpaired) electrons. The first-order valence-electron chi connectivity index (χ1n) is 8.61. The fourth-order valence-electron chi connectivity index (χ4n) is 3.12. The van der Waals surface area contributed by atoms with Crippen LogP contribution in [-0.4, -0.2) is 17.3 Å². The van der Waals surface area contributed by atoms with Gasteiger partial charge >= 0.3 is 0 Å². The van der Waals surface area contributed by atoms with Crippen LogP contribution in [0.1, 0.15) is 43.0 Å². The molecule has 1 amide bonds. The highest BCUT2D eigenvalue weighted by Gasteiger charge is 2.34. The molecule has 0 saturated heterocycles. The molecule has 1 heterocycles. The molecule has 3 nitrogen and oxygen atoms in total. The second-order valence-electron chi connectivity index (χ2n) is 7.33. The van der Waals surface area contributed by atoms with Crippen molar-refractivity contribution in [3.63, 3.8) is 0 Å². The van der Waals surface area contributed by atoms with Crippen LogP contribution in [0.3, 0.4) is 0 Å². The summed E-state index contributed by atoms with van der Waals surface area (Å²) >= 11 is 1.57. The van der Waals surface area contributed by atoms with Gasteiger partial charge in [-0.05, 0) is 45.9 Å². The Hall–Kier alpha value is -1.94. The zero-order chi connectivity index (χ0) is 18.0. The SMILES string of the molecule is Cc1ccc(SCC(=O)N[C@H]2CC(C)(C)Oc3ccc(C)cc32)cc1. The van der Waals surface area contributed by atoms with E-state index in [-0.39, 0.29) is 17.6 Å². The van der Waals surface area contributed by atoms with Crippen LogP contribution in [0.5, 0.6) is 5.75 Å². The number of hydrogen-bond donors (Lipinski definition) is 1. The van der Waals surface area contributed by atoms with Gasteiger partial charge in [-0.3, -0.25) is 4.79 Å². The summed E-state index contributed by atoms with van der Waals surface area (Å²) in [5.74, 6) is 1.35. The minimum Gasteiger partial charge on any atom is -0.487 e. The van der Waals surface area contributed by atoms with Crippen molar-refractivity contribution in [3.05, 3.63) is 59.2 Å². The number of thioether (sulfide) groups is 1. The summed E-state index contributed by atoms with van der Waals surface area (Å²) in [6.07, 6.45) is 0.768. The van der Waals surface area contributed by atoms with Crippen molar-refractivity contribution < 1.29 is 9.53 Å². The second kappa shape index (κ2) is 7.12. The van der Waals surface area contributed by atoms with Crippen molar-refractivity contribution in [2.24, 2.45) is 0 Å². The van der Waals surface area contributed by atoms with E-state index in [1.807, 2.05) is 12.1 Å². The fraction of sp³-hybridized carbons (Fsp3) is 0.381. The van der Waals surface area contributed by atoms with Crippen molar-refractivity contribution in [1.82, 2.24) is 5.32 Å². The molecule has 0 bridgehead atoms. The minimum atomic E-state index is -0.287. The number of hydrogen-bond acceptors (Lipinski definition) is 3. The molecule has 0 saturated carbocycles. The van der Waals surface area contributed by atoms with Crippen LogP contribution in [-0.2, 0) is 4.79 Å². The zero-order valence-corrected chi connectivity index (χ0v) is 16.1. The predicted molar refractivity (Wildman–Crippen MR) is 103 cm³/mol. The summed E-state index contributed by atoms with van der Waals surface area (Å²) in [7, 11) is 0. The van der Waals surface area contributed by atoms with Gasteiger partial charge in [0.05, 0.1) is 11.8 Å². The molecule has 2 aromatic carbocycles. The van der Waals surface area contributed by atoms with E-state index in [1.165, 1.54) is 11.1 Å². The van der Waals surface area contributed by atoms with Gasteiger partial charge in [0.25, 0.3) is 0 Å². The van der Waals surface area contributed by atoms with Crippen LogP contribution in [0.25, 0.3) is 0 Å². The number of ether oxygens (including phenoxy) is 1. The highest BCUT2D eigenvalue weighted by molar-refractivity contribution is 8.00. The van der Waals surface area contributed by atoms with Gasteiger partial charge in [-0.25, -0.2) is 0 Å². The Bertz CT molecular complexity index is 768. The topological polar surface area (TPSA) is 38.3 Å². The van der Waals surface area contributed by atoms with Crippen molar-refractivity contribution in [2.45, 2.75) is 50.7 Å². The number of carbonyl (C=O) groups excluding carboxylic acids is 1. The third-order valence-corrected chi connectivity index (χ3v) is 5.36. The quantitative estimate of drug-likeness (QED) is 0.800. The van der Waals surface area contributed by atoms with Gasteiger partial charge in [0, 0.05) is 16.9 Å². The Morgan fingerprint density at radius 1 is 1.16 bits per heavy atom. The van der Waals surface area contributed by atoms with E-state index in [4.69, 9.17) is 4.74 Å². The molecule has 1 aliphatic heterocycles. The lowest BCUT2D eigenvalue weighted by Crippen LogP contribution is -2.41. The largest absolute Gasteiger partial charge is 0.487 e. The van der Waals surface area contributed by atoms with Crippen LogP contribution in [0.4, 0.5) is 0 Å². The summed E-state index contributed by atoms with van der Waals surface area (Å²) in [6.45, 7) is 8.26. The van der Waals surface area contributed by atoms with Gasteiger partial charge in [0.1, 0.15) is 11.4 Å². The van der Waals surface area contributed by atoms with Gasteiger partial charge in [0.2, 0.25) is 5.91 Å². The van der Waals surface area contributed by atoms with E-state index in [0.29, 0.717) is 5.75 Å². The third-order valence-electron chi connectivity index (χ3n) is 4.35. The first-order chi connectivity index (χ1) is 11.8. The maximum Gasteiger partial charge on any atom is 0.230 e. The summed E-state index contributed by atoms with van der Waals surface area (Å²) in [5.41, 5.74) is 3.19. The number of nitrogens with one attached hydrogen (secondary N) is 1. The molecule has 3 rings (SSSR count). The molecule has 0 fully saturated rings. The summed E-state index contributed by atoms with van der Waals surface area (Å²) < 4.78 is 6.07. The van der Waals surface area contributed by atoms with E-state index in [2.05, 4.69) is 63.3 Å². The molecule has 4 heteroatoms. The van der Waals surface area contributed by atoms with Crippen LogP contribution in [0.15, 0.2) is 47.4 Å².